The standard InChI is InChI=1S/C31H30N6O5S/c1-35(23-6-4-3-5-7-23)43(39,40)28-19-22(20-33-29(28)41-2)21-8-13-27-26(18-21)30(38)37(31(32)34-27)25-11-9-24(10-12-25)36-14-16-42-17-15-36/h3-13,18-20H,14-17H2,1-2H3,(H2,32,34). The number of sulfonamides is 1. The smallest absolute Gasteiger partial charge is 0.269 e. The van der Waals surface area contributed by atoms with Crippen molar-refractivity contribution in [3.8, 4) is 22.7 Å². The van der Waals surface area contributed by atoms with Crippen LogP contribution in [0.15, 0.2) is 94.7 Å². The first-order chi connectivity index (χ1) is 20.8. The van der Waals surface area contributed by atoms with Crippen LogP contribution in [0.2, 0.25) is 0 Å². The number of hydrogen-bond acceptors (Lipinski definition) is 9. The number of nitrogens with zero attached hydrogens (tertiary/aromatic N) is 5. The molecule has 1 aliphatic rings. The molecule has 5 aromatic rings. The first-order valence-electron chi connectivity index (χ1n) is 13.6. The van der Waals surface area contributed by atoms with Crippen LogP contribution in [-0.4, -0.2) is 63.4 Å². The molecule has 0 atom stereocenters. The van der Waals surface area contributed by atoms with Crippen LogP contribution in [0.25, 0.3) is 27.7 Å². The van der Waals surface area contributed by atoms with Gasteiger partial charge in [-0.2, -0.15) is 0 Å². The molecule has 1 fully saturated rings. The highest BCUT2D eigenvalue weighted by Gasteiger charge is 2.27. The Labute approximate surface area is 248 Å². The van der Waals surface area contributed by atoms with E-state index in [1.165, 1.54) is 35.3 Å². The lowest BCUT2D eigenvalue weighted by Crippen LogP contribution is -2.36. The number of methoxy groups -OCH3 is 1. The van der Waals surface area contributed by atoms with Crippen LogP contribution in [0.3, 0.4) is 0 Å². The molecule has 2 aromatic heterocycles. The molecule has 0 saturated carbocycles. The lowest BCUT2D eigenvalue weighted by Gasteiger charge is -2.29. The maximum absolute atomic E-state index is 13.8. The number of nitrogens with two attached hydrogens (primary N) is 1. The number of anilines is 3. The second-order valence-corrected chi connectivity index (χ2v) is 11.9. The number of pyridine rings is 1. The monoisotopic (exact) mass is 598 g/mol. The van der Waals surface area contributed by atoms with Gasteiger partial charge in [0.2, 0.25) is 11.8 Å². The van der Waals surface area contributed by atoms with Crippen molar-refractivity contribution in [2.24, 2.45) is 0 Å². The maximum Gasteiger partial charge on any atom is 0.269 e. The Morgan fingerprint density at radius 3 is 2.33 bits per heavy atom. The van der Waals surface area contributed by atoms with Gasteiger partial charge < -0.3 is 20.1 Å². The molecule has 6 rings (SSSR count). The largest absolute Gasteiger partial charge is 0.480 e. The number of para-hydroxylation sites is 1. The van der Waals surface area contributed by atoms with E-state index >= 15 is 0 Å². The molecule has 3 heterocycles. The Morgan fingerprint density at radius 2 is 1.63 bits per heavy atom. The molecule has 43 heavy (non-hydrogen) atoms. The molecule has 3 aromatic carbocycles. The summed E-state index contributed by atoms with van der Waals surface area (Å²) in [7, 11) is -1.20. The summed E-state index contributed by atoms with van der Waals surface area (Å²) in [6.07, 6.45) is 1.51. The second-order valence-electron chi connectivity index (χ2n) is 10.00. The van der Waals surface area contributed by atoms with Crippen LogP contribution in [-0.2, 0) is 14.8 Å². The SMILES string of the molecule is COc1ncc(-c2ccc3nc(N)n(-c4ccc(N5CCOCC5)cc4)c(=O)c3c2)cc1S(=O)(=O)N(C)c1ccccc1. The fourth-order valence-corrected chi connectivity index (χ4v) is 6.45. The second kappa shape index (κ2) is 11.4. The number of aromatic nitrogens is 3. The lowest BCUT2D eigenvalue weighted by molar-refractivity contribution is 0.122. The zero-order valence-electron chi connectivity index (χ0n) is 23.7. The fraction of sp³-hybridized carbons (Fsp3) is 0.194. The van der Waals surface area contributed by atoms with Crippen LogP contribution >= 0.6 is 0 Å². The van der Waals surface area contributed by atoms with E-state index in [9.17, 15) is 13.2 Å². The minimum absolute atomic E-state index is 0.0374. The summed E-state index contributed by atoms with van der Waals surface area (Å²) in [6.45, 7) is 2.94. The van der Waals surface area contributed by atoms with E-state index in [0.29, 0.717) is 46.6 Å². The molecule has 0 unspecified atom stereocenters. The van der Waals surface area contributed by atoms with Gasteiger partial charge in [0.05, 0.1) is 42.6 Å². The van der Waals surface area contributed by atoms with Gasteiger partial charge in [0.25, 0.3) is 15.6 Å². The molecule has 2 N–H and O–H groups in total. The highest BCUT2D eigenvalue weighted by Crippen LogP contribution is 2.32. The zero-order valence-corrected chi connectivity index (χ0v) is 24.5. The summed E-state index contributed by atoms with van der Waals surface area (Å²) in [5.41, 5.74) is 9.51. The van der Waals surface area contributed by atoms with Crippen LogP contribution in [0.4, 0.5) is 17.3 Å². The van der Waals surface area contributed by atoms with Crippen molar-refractivity contribution in [3.63, 3.8) is 0 Å². The summed E-state index contributed by atoms with van der Waals surface area (Å²) >= 11 is 0. The van der Waals surface area contributed by atoms with Crippen molar-refractivity contribution in [3.05, 3.63) is 95.4 Å². The Bertz CT molecular complexity index is 1960. The van der Waals surface area contributed by atoms with Gasteiger partial charge in [-0.15, -0.1) is 0 Å². The Kier molecular flexibility index (Phi) is 7.46. The molecule has 0 bridgehead atoms. The normalized spacial score (nSPS) is 13.7. The molecule has 0 spiro atoms. The summed E-state index contributed by atoms with van der Waals surface area (Å²) in [4.78, 5) is 24.6. The Morgan fingerprint density at radius 1 is 0.930 bits per heavy atom. The lowest BCUT2D eigenvalue weighted by atomic mass is 10.1. The van der Waals surface area contributed by atoms with Gasteiger partial charge in [-0.1, -0.05) is 24.3 Å². The third kappa shape index (κ3) is 5.26. The number of ether oxygens (including phenoxy) is 2. The van der Waals surface area contributed by atoms with Crippen LogP contribution in [0, 0.1) is 0 Å². The van der Waals surface area contributed by atoms with Gasteiger partial charge in [0, 0.05) is 37.6 Å². The topological polar surface area (TPSA) is 133 Å². The average molecular weight is 599 g/mol. The highest BCUT2D eigenvalue weighted by molar-refractivity contribution is 7.92. The molecule has 1 aliphatic heterocycles. The minimum atomic E-state index is -4.04. The molecule has 12 heteroatoms. The van der Waals surface area contributed by atoms with Crippen molar-refractivity contribution in [1.29, 1.82) is 0 Å². The van der Waals surface area contributed by atoms with E-state index in [1.54, 1.807) is 42.5 Å². The van der Waals surface area contributed by atoms with E-state index in [0.717, 1.165) is 18.8 Å². The molecule has 0 radical (unpaired) electrons. The fourth-order valence-electron chi connectivity index (χ4n) is 5.12. The molecule has 0 aliphatic carbocycles. The van der Waals surface area contributed by atoms with E-state index in [4.69, 9.17) is 15.2 Å². The predicted octanol–water partition coefficient (Wildman–Crippen LogP) is 3.70. The highest BCUT2D eigenvalue weighted by atomic mass is 32.2. The quantitative estimate of drug-likeness (QED) is 0.298. The summed E-state index contributed by atoms with van der Waals surface area (Å²) < 4.78 is 40.6. The van der Waals surface area contributed by atoms with Gasteiger partial charge in [-0.05, 0) is 60.2 Å². The van der Waals surface area contributed by atoms with E-state index in [2.05, 4.69) is 14.9 Å². The Hall–Kier alpha value is -4.94. The number of benzene rings is 3. The third-order valence-electron chi connectivity index (χ3n) is 7.48. The first-order valence-corrected chi connectivity index (χ1v) is 15.1. The van der Waals surface area contributed by atoms with E-state index < -0.39 is 10.0 Å². The molecule has 11 nitrogen and oxygen atoms in total. The average Bonchev–Trinajstić information content (AvgIpc) is 3.05. The van der Waals surface area contributed by atoms with Crippen molar-refractivity contribution in [2.45, 2.75) is 4.90 Å². The maximum atomic E-state index is 13.8. The van der Waals surface area contributed by atoms with Gasteiger partial charge in [-0.25, -0.2) is 23.0 Å². The molecule has 0 amide bonds. The van der Waals surface area contributed by atoms with Crippen LogP contribution < -0.4 is 25.2 Å². The number of hydrogen-bond donors (Lipinski definition) is 1. The number of fused-ring (bicyclic) bond motifs is 1. The van der Waals surface area contributed by atoms with Crippen molar-refractivity contribution < 1.29 is 17.9 Å². The summed E-state index contributed by atoms with van der Waals surface area (Å²) in [5, 5.41) is 0.325. The summed E-state index contributed by atoms with van der Waals surface area (Å²) in [6, 6.07) is 22.9. The van der Waals surface area contributed by atoms with Crippen LogP contribution in [0.1, 0.15) is 0 Å². The predicted molar refractivity (Wildman–Crippen MR) is 167 cm³/mol. The summed E-state index contributed by atoms with van der Waals surface area (Å²) in [5.74, 6) is 0.0254. The van der Waals surface area contributed by atoms with Gasteiger partial charge in [-0.3, -0.25) is 9.10 Å². The van der Waals surface area contributed by atoms with Gasteiger partial charge in [0.1, 0.15) is 0 Å². The third-order valence-corrected chi connectivity index (χ3v) is 9.26. The van der Waals surface area contributed by atoms with Crippen molar-refractivity contribution in [1.82, 2.24) is 14.5 Å². The molecular formula is C31H30N6O5S. The number of nitrogen functional groups attached to an aromatic ring is 1. The minimum Gasteiger partial charge on any atom is -0.480 e. The van der Waals surface area contributed by atoms with Gasteiger partial charge in [0.15, 0.2) is 4.90 Å². The van der Waals surface area contributed by atoms with Crippen molar-refractivity contribution >= 4 is 38.2 Å². The zero-order chi connectivity index (χ0) is 30.1. The van der Waals surface area contributed by atoms with E-state index in [-0.39, 0.29) is 22.3 Å². The van der Waals surface area contributed by atoms with Crippen LogP contribution in [0.5, 0.6) is 5.88 Å². The number of morpholine rings is 1. The van der Waals surface area contributed by atoms with E-state index in [1.807, 2.05) is 30.3 Å². The van der Waals surface area contributed by atoms with Gasteiger partial charge >= 0.3 is 0 Å². The molecule has 220 valence electrons. The first kappa shape index (κ1) is 28.2. The Balaban J connectivity index is 1.40. The number of rotatable bonds is 7. The molecule has 1 saturated heterocycles. The molecular weight excluding hydrogens is 568 g/mol. The van der Waals surface area contributed by atoms with Crippen molar-refractivity contribution in [2.75, 3.05) is 55.4 Å².